The van der Waals surface area contributed by atoms with Gasteiger partial charge >= 0.3 is 5.97 Å². The van der Waals surface area contributed by atoms with E-state index in [1.165, 1.54) is 6.07 Å². The van der Waals surface area contributed by atoms with E-state index < -0.39 is 5.41 Å². The lowest BCUT2D eigenvalue weighted by atomic mass is 9.74. The highest BCUT2D eigenvalue weighted by molar-refractivity contribution is 5.85. The van der Waals surface area contributed by atoms with E-state index in [0.717, 1.165) is 16.5 Å². The second-order valence-corrected chi connectivity index (χ2v) is 8.55. The number of amides is 1. The molecule has 2 heterocycles. The van der Waals surface area contributed by atoms with Gasteiger partial charge in [0, 0.05) is 36.6 Å². The molecule has 1 fully saturated rings. The molecule has 0 unspecified atom stereocenters. The van der Waals surface area contributed by atoms with Crippen LogP contribution in [0.1, 0.15) is 37.3 Å². The topological polar surface area (TPSA) is 62.4 Å². The number of H-pyrrole nitrogens is 1. The number of hydrogen-bond acceptors (Lipinski definition) is 3. The highest BCUT2D eigenvalue weighted by Gasteiger charge is 2.45. The average molecular weight is 437 g/mol. The van der Waals surface area contributed by atoms with Gasteiger partial charge in [-0.3, -0.25) is 9.59 Å². The van der Waals surface area contributed by atoms with E-state index in [-0.39, 0.29) is 37.3 Å². The van der Waals surface area contributed by atoms with Gasteiger partial charge in [-0.1, -0.05) is 36.4 Å². The standard InChI is InChI=1S/C26H29FN2O3/c1-2-32-25(31)26(16-19-8-3-5-10-22(19)27)14-7-15-29(18-26)24(30)13-12-20-17-28-23-11-6-4-9-21(20)23/h3-6,8-11,17,28H,2,7,12-16,18H2,1H3/t26-/m1/s1. The summed E-state index contributed by atoms with van der Waals surface area (Å²) < 4.78 is 19.8. The maximum absolute atomic E-state index is 14.4. The maximum atomic E-state index is 14.4. The lowest BCUT2D eigenvalue weighted by Crippen LogP contribution is -2.51. The zero-order valence-corrected chi connectivity index (χ0v) is 18.4. The number of rotatable bonds is 7. The molecule has 1 N–H and O–H groups in total. The number of carbonyl (C=O) groups excluding carboxylic acids is 2. The summed E-state index contributed by atoms with van der Waals surface area (Å²) in [6, 6.07) is 14.5. The second-order valence-electron chi connectivity index (χ2n) is 8.55. The van der Waals surface area contributed by atoms with Crippen molar-refractivity contribution in [3.63, 3.8) is 0 Å². The molecule has 32 heavy (non-hydrogen) atoms. The van der Waals surface area contributed by atoms with Gasteiger partial charge in [0.1, 0.15) is 5.82 Å². The Bertz CT molecular complexity index is 1110. The molecule has 0 saturated carbocycles. The predicted molar refractivity (Wildman–Crippen MR) is 122 cm³/mol. The third kappa shape index (κ3) is 4.54. The number of para-hydroxylation sites is 1. The first kappa shape index (κ1) is 22.1. The number of likely N-dealkylation sites (tertiary alicyclic amines) is 1. The summed E-state index contributed by atoms with van der Waals surface area (Å²) in [6.45, 7) is 2.88. The fourth-order valence-corrected chi connectivity index (χ4v) is 4.76. The minimum atomic E-state index is -0.924. The molecule has 1 amide bonds. The smallest absolute Gasteiger partial charge is 0.314 e. The molecule has 6 heteroatoms. The number of halogens is 1. The molecule has 0 aliphatic carbocycles. The van der Waals surface area contributed by atoms with Crippen molar-refractivity contribution in [3.05, 3.63) is 71.7 Å². The summed E-state index contributed by atoms with van der Waals surface area (Å²) in [5.74, 6) is -0.673. The first-order chi connectivity index (χ1) is 15.5. The lowest BCUT2D eigenvalue weighted by molar-refractivity contribution is -0.160. The molecule has 1 aromatic heterocycles. The van der Waals surface area contributed by atoms with Crippen LogP contribution in [-0.4, -0.2) is 41.5 Å². The summed E-state index contributed by atoms with van der Waals surface area (Å²) >= 11 is 0. The monoisotopic (exact) mass is 436 g/mol. The number of aromatic amines is 1. The number of piperidine rings is 1. The number of hydrogen-bond donors (Lipinski definition) is 1. The predicted octanol–water partition coefficient (Wildman–Crippen LogP) is 4.65. The Morgan fingerprint density at radius 1 is 1.12 bits per heavy atom. The number of fused-ring (bicyclic) bond motifs is 1. The first-order valence-electron chi connectivity index (χ1n) is 11.3. The van der Waals surface area contributed by atoms with Crippen LogP contribution in [0.2, 0.25) is 0 Å². The zero-order valence-electron chi connectivity index (χ0n) is 18.4. The summed E-state index contributed by atoms with van der Waals surface area (Å²) in [5, 5.41) is 1.12. The van der Waals surface area contributed by atoms with E-state index in [9.17, 15) is 14.0 Å². The molecule has 1 atom stereocenters. The van der Waals surface area contributed by atoms with Gasteiger partial charge in [0.2, 0.25) is 5.91 Å². The molecule has 1 aliphatic rings. The second kappa shape index (κ2) is 9.55. The Labute approximate surface area is 187 Å². The van der Waals surface area contributed by atoms with Gasteiger partial charge in [-0.05, 0) is 55.9 Å². The van der Waals surface area contributed by atoms with Gasteiger partial charge in [-0.25, -0.2) is 4.39 Å². The summed E-state index contributed by atoms with van der Waals surface area (Å²) in [4.78, 5) is 31.1. The third-order valence-corrected chi connectivity index (χ3v) is 6.41. The van der Waals surface area contributed by atoms with Gasteiger partial charge in [-0.2, -0.15) is 0 Å². The lowest BCUT2D eigenvalue weighted by Gasteiger charge is -2.41. The van der Waals surface area contributed by atoms with Crippen molar-refractivity contribution in [2.24, 2.45) is 5.41 Å². The van der Waals surface area contributed by atoms with E-state index in [0.29, 0.717) is 37.8 Å². The molecule has 0 spiro atoms. The van der Waals surface area contributed by atoms with Crippen molar-refractivity contribution in [3.8, 4) is 0 Å². The number of carbonyl (C=O) groups is 2. The SMILES string of the molecule is CCOC(=O)[C@@]1(Cc2ccccc2F)CCCN(C(=O)CCc2c[nH]c3ccccc23)C1. The quantitative estimate of drug-likeness (QED) is 0.548. The molecule has 0 bridgehead atoms. The van der Waals surface area contributed by atoms with Gasteiger partial charge < -0.3 is 14.6 Å². The summed E-state index contributed by atoms with van der Waals surface area (Å²) in [5.41, 5.74) is 1.72. The number of benzene rings is 2. The van der Waals surface area contributed by atoms with E-state index in [1.807, 2.05) is 30.5 Å². The highest BCUT2D eigenvalue weighted by Crippen LogP contribution is 2.36. The van der Waals surface area contributed by atoms with Crippen LogP contribution < -0.4 is 0 Å². The Morgan fingerprint density at radius 2 is 1.91 bits per heavy atom. The third-order valence-electron chi connectivity index (χ3n) is 6.41. The van der Waals surface area contributed by atoms with Crippen LogP contribution in [0.4, 0.5) is 4.39 Å². The van der Waals surface area contributed by atoms with Crippen molar-refractivity contribution in [2.75, 3.05) is 19.7 Å². The summed E-state index contributed by atoms with van der Waals surface area (Å²) in [7, 11) is 0. The highest BCUT2D eigenvalue weighted by atomic mass is 19.1. The van der Waals surface area contributed by atoms with Crippen molar-refractivity contribution < 1.29 is 18.7 Å². The molecule has 4 rings (SSSR count). The van der Waals surface area contributed by atoms with Crippen LogP contribution in [-0.2, 0) is 27.2 Å². The Hall–Kier alpha value is -3.15. The molecule has 2 aromatic carbocycles. The van der Waals surface area contributed by atoms with E-state index >= 15 is 0 Å². The number of esters is 1. The van der Waals surface area contributed by atoms with Crippen LogP contribution in [0.5, 0.6) is 0 Å². The minimum Gasteiger partial charge on any atom is -0.466 e. The molecular weight excluding hydrogens is 407 g/mol. The van der Waals surface area contributed by atoms with E-state index in [2.05, 4.69) is 4.98 Å². The van der Waals surface area contributed by atoms with E-state index in [4.69, 9.17) is 4.74 Å². The van der Waals surface area contributed by atoms with Crippen LogP contribution in [0.25, 0.3) is 10.9 Å². The Kier molecular flexibility index (Phi) is 6.58. The van der Waals surface area contributed by atoms with Crippen LogP contribution in [0.15, 0.2) is 54.7 Å². The van der Waals surface area contributed by atoms with Crippen molar-refractivity contribution in [1.29, 1.82) is 0 Å². The van der Waals surface area contributed by atoms with Gasteiger partial charge in [0.25, 0.3) is 0 Å². The van der Waals surface area contributed by atoms with Gasteiger partial charge in [0.15, 0.2) is 0 Å². The van der Waals surface area contributed by atoms with Crippen molar-refractivity contribution in [1.82, 2.24) is 9.88 Å². The normalized spacial score (nSPS) is 18.6. The van der Waals surface area contributed by atoms with Crippen molar-refractivity contribution in [2.45, 2.75) is 39.0 Å². The fourth-order valence-electron chi connectivity index (χ4n) is 4.76. The number of aromatic nitrogens is 1. The van der Waals surface area contributed by atoms with Crippen molar-refractivity contribution >= 4 is 22.8 Å². The minimum absolute atomic E-state index is 0.0113. The molecule has 168 valence electrons. The molecule has 3 aromatic rings. The number of aryl methyl sites for hydroxylation is 1. The zero-order chi connectivity index (χ0) is 22.6. The molecular formula is C26H29FN2O3. The summed E-state index contributed by atoms with van der Waals surface area (Å²) in [6.07, 6.45) is 4.43. The molecule has 5 nitrogen and oxygen atoms in total. The average Bonchev–Trinajstić information content (AvgIpc) is 3.22. The largest absolute Gasteiger partial charge is 0.466 e. The number of nitrogens with one attached hydrogen (secondary N) is 1. The van der Waals surface area contributed by atoms with Crippen LogP contribution in [0.3, 0.4) is 0 Å². The Morgan fingerprint density at radius 3 is 2.72 bits per heavy atom. The van der Waals surface area contributed by atoms with Crippen LogP contribution in [0, 0.1) is 11.2 Å². The van der Waals surface area contributed by atoms with Gasteiger partial charge in [-0.15, -0.1) is 0 Å². The molecule has 0 radical (unpaired) electrons. The molecule has 1 saturated heterocycles. The van der Waals surface area contributed by atoms with E-state index in [1.54, 1.807) is 30.0 Å². The van der Waals surface area contributed by atoms with Gasteiger partial charge in [0.05, 0.1) is 12.0 Å². The number of nitrogens with zero attached hydrogens (tertiary/aromatic N) is 1. The first-order valence-corrected chi connectivity index (χ1v) is 11.3. The molecule has 1 aliphatic heterocycles. The number of ether oxygens (including phenoxy) is 1. The van der Waals surface area contributed by atoms with Crippen LogP contribution >= 0.6 is 0 Å². The fraction of sp³-hybridized carbons (Fsp3) is 0.385. The maximum Gasteiger partial charge on any atom is 0.314 e. The Balaban J connectivity index is 1.49.